The smallest absolute Gasteiger partial charge is 0.321 e. The van der Waals surface area contributed by atoms with E-state index in [0.29, 0.717) is 37.5 Å². The number of unbranched alkanes of at least 4 members (excludes halogenated alkanes) is 1. The highest BCUT2D eigenvalue weighted by Gasteiger charge is 2.34. The van der Waals surface area contributed by atoms with Crippen molar-refractivity contribution in [1.29, 1.82) is 0 Å². The van der Waals surface area contributed by atoms with E-state index < -0.39 is 24.1 Å². The van der Waals surface area contributed by atoms with Crippen LogP contribution in [0.2, 0.25) is 0 Å². The molecule has 0 bridgehead atoms. The molecule has 0 aliphatic carbocycles. The molecular weight excluding hydrogens is 524 g/mol. The summed E-state index contributed by atoms with van der Waals surface area (Å²) in [4.78, 5) is 39.3. The molecule has 4 amide bonds. The van der Waals surface area contributed by atoms with Gasteiger partial charge in [0.15, 0.2) is 0 Å². The Hall–Kier alpha value is -2.69. The number of hydrogen-bond acceptors (Lipinski definition) is 7. The van der Waals surface area contributed by atoms with Gasteiger partial charge in [0.05, 0.1) is 18.3 Å². The van der Waals surface area contributed by atoms with Crippen molar-refractivity contribution in [2.75, 3.05) is 33.4 Å². The number of rotatable bonds is 19. The van der Waals surface area contributed by atoms with Crippen molar-refractivity contribution < 1.29 is 29.0 Å². The summed E-state index contributed by atoms with van der Waals surface area (Å²) in [6, 6.07) is 5.73. The number of ether oxygens (including phenoxy) is 2. The Morgan fingerprint density at radius 2 is 1.61 bits per heavy atom. The Morgan fingerprint density at radius 1 is 0.976 bits per heavy atom. The monoisotopic (exact) mass is 578 g/mol. The van der Waals surface area contributed by atoms with E-state index >= 15 is 0 Å². The Morgan fingerprint density at radius 3 is 2.17 bits per heavy atom. The van der Waals surface area contributed by atoms with Gasteiger partial charge in [-0.25, -0.2) is 4.79 Å². The summed E-state index contributed by atoms with van der Waals surface area (Å²) in [6.45, 7) is 13.4. The Labute approximate surface area is 246 Å². The molecule has 4 unspecified atom stereocenters. The molecule has 10 nitrogen and oxygen atoms in total. The van der Waals surface area contributed by atoms with Gasteiger partial charge in [0.2, 0.25) is 5.91 Å². The second kappa shape index (κ2) is 18.7. The van der Waals surface area contributed by atoms with Gasteiger partial charge in [0.25, 0.3) is 5.91 Å². The van der Waals surface area contributed by atoms with Gasteiger partial charge in [-0.2, -0.15) is 0 Å². The normalized spacial score (nSPS) is 14.5. The molecule has 0 aliphatic heterocycles. The molecule has 0 aliphatic rings. The summed E-state index contributed by atoms with van der Waals surface area (Å²) >= 11 is 0. The minimum atomic E-state index is -0.968. The van der Waals surface area contributed by atoms with Crippen molar-refractivity contribution in [3.8, 4) is 5.75 Å². The molecule has 0 aromatic heterocycles. The maximum Gasteiger partial charge on any atom is 0.321 e. The van der Waals surface area contributed by atoms with Crippen LogP contribution >= 0.6 is 0 Å². The van der Waals surface area contributed by atoms with Gasteiger partial charge in [-0.3, -0.25) is 14.5 Å². The second-order valence-corrected chi connectivity index (χ2v) is 12.0. The molecule has 6 N–H and O–H groups in total. The van der Waals surface area contributed by atoms with Crippen LogP contribution in [-0.2, 0) is 9.53 Å². The first kappa shape index (κ1) is 36.3. The Bertz CT molecular complexity index is 939. The number of amides is 4. The third-order valence-corrected chi connectivity index (χ3v) is 7.37. The molecule has 1 aromatic rings. The third kappa shape index (κ3) is 12.8. The van der Waals surface area contributed by atoms with Crippen molar-refractivity contribution in [3.63, 3.8) is 0 Å². The number of nitrogens with one attached hydrogen (secondary N) is 1. The number of nitrogens with two attached hydrogens (primary N) is 2. The number of hydrogen-bond donors (Lipinski definition) is 4. The molecule has 1 aromatic carbocycles. The summed E-state index contributed by atoms with van der Waals surface area (Å²) in [7, 11) is 1.66. The largest absolute Gasteiger partial charge is 0.493 e. The number of benzene rings is 1. The zero-order chi connectivity index (χ0) is 31.1. The van der Waals surface area contributed by atoms with Gasteiger partial charge in [0.1, 0.15) is 5.75 Å². The maximum absolute atomic E-state index is 13.2. The molecule has 1 rings (SSSR count). The van der Waals surface area contributed by atoms with Gasteiger partial charge in [0, 0.05) is 38.8 Å². The standard InChI is InChI=1S/C31H54N4O6/c1-20(2)19-35(31(33)39)30(38)25(22(5)6)17-27(36)26(32)16-23(21(3)4)18-34-29(37)24-12-8-9-13-28(24)41-15-11-10-14-40-7/h8-9,12-13,20-23,25-27,36H,10-11,14-19,32H2,1-7H3,(H2,33,39)(H,34,37). The van der Waals surface area contributed by atoms with Crippen LogP contribution in [0.1, 0.15) is 77.6 Å². The van der Waals surface area contributed by atoms with Crippen LogP contribution < -0.4 is 21.5 Å². The maximum atomic E-state index is 13.2. The first-order valence-electron chi connectivity index (χ1n) is 14.8. The molecule has 0 fully saturated rings. The lowest BCUT2D eigenvalue weighted by Crippen LogP contribution is -2.49. The predicted molar refractivity (Wildman–Crippen MR) is 161 cm³/mol. The van der Waals surface area contributed by atoms with Crippen molar-refractivity contribution in [2.45, 2.75) is 79.4 Å². The van der Waals surface area contributed by atoms with E-state index in [1.165, 1.54) is 0 Å². The molecule has 0 spiro atoms. The fraction of sp³-hybridized carbons (Fsp3) is 0.710. The van der Waals surface area contributed by atoms with Crippen LogP contribution in [0.25, 0.3) is 0 Å². The highest BCUT2D eigenvalue weighted by Crippen LogP contribution is 2.25. The number of carbonyl (C=O) groups is 3. The quantitative estimate of drug-likeness (QED) is 0.182. The Balaban J connectivity index is 2.83. The molecule has 0 saturated heterocycles. The average molecular weight is 579 g/mol. The first-order chi connectivity index (χ1) is 19.3. The van der Waals surface area contributed by atoms with E-state index in [0.717, 1.165) is 17.7 Å². The number of nitrogens with zero attached hydrogens (tertiary/aromatic N) is 1. The number of aliphatic hydroxyl groups is 1. The van der Waals surface area contributed by atoms with E-state index in [9.17, 15) is 19.5 Å². The van der Waals surface area contributed by atoms with Crippen LogP contribution in [0.5, 0.6) is 5.75 Å². The third-order valence-electron chi connectivity index (χ3n) is 7.37. The van der Waals surface area contributed by atoms with E-state index in [1.54, 1.807) is 25.3 Å². The minimum absolute atomic E-state index is 0.0121. The fourth-order valence-corrected chi connectivity index (χ4v) is 4.67. The number of para-hydroxylation sites is 1. The lowest BCUT2D eigenvalue weighted by Gasteiger charge is -2.32. The summed E-state index contributed by atoms with van der Waals surface area (Å²) in [6.07, 6.45) is 1.29. The number of carbonyl (C=O) groups excluding carboxylic acids is 3. The lowest BCUT2D eigenvalue weighted by molar-refractivity contribution is -0.135. The van der Waals surface area contributed by atoms with Crippen LogP contribution in [0, 0.1) is 29.6 Å². The van der Waals surface area contributed by atoms with Crippen LogP contribution in [0.15, 0.2) is 24.3 Å². The van der Waals surface area contributed by atoms with E-state index in [4.69, 9.17) is 20.9 Å². The zero-order valence-corrected chi connectivity index (χ0v) is 26.1. The number of imide groups is 1. The summed E-state index contributed by atoms with van der Waals surface area (Å²) in [5, 5.41) is 14.0. The number of primary amides is 1. The van der Waals surface area contributed by atoms with Gasteiger partial charge in [-0.15, -0.1) is 0 Å². The highest BCUT2D eigenvalue weighted by molar-refractivity contribution is 5.97. The van der Waals surface area contributed by atoms with Crippen LogP contribution in [0.3, 0.4) is 0 Å². The zero-order valence-electron chi connectivity index (χ0n) is 26.1. The van der Waals surface area contributed by atoms with Gasteiger partial charge < -0.3 is 31.4 Å². The number of urea groups is 1. The molecule has 234 valence electrons. The summed E-state index contributed by atoms with van der Waals surface area (Å²) < 4.78 is 10.9. The van der Waals surface area contributed by atoms with E-state index in [1.807, 2.05) is 47.6 Å². The summed E-state index contributed by atoms with van der Waals surface area (Å²) in [5.41, 5.74) is 12.4. The van der Waals surface area contributed by atoms with Gasteiger partial charge >= 0.3 is 6.03 Å². The molecule has 4 atom stereocenters. The molecule has 41 heavy (non-hydrogen) atoms. The number of aliphatic hydroxyl groups excluding tert-OH is 1. The van der Waals surface area contributed by atoms with Crippen molar-refractivity contribution in [2.24, 2.45) is 41.1 Å². The predicted octanol–water partition coefficient (Wildman–Crippen LogP) is 3.80. The lowest BCUT2D eigenvalue weighted by atomic mass is 9.83. The average Bonchev–Trinajstić information content (AvgIpc) is 2.91. The molecular formula is C31H54N4O6. The van der Waals surface area contributed by atoms with E-state index in [-0.39, 0.29) is 48.5 Å². The Kier molecular flexibility index (Phi) is 16.6. The van der Waals surface area contributed by atoms with Crippen LogP contribution in [0.4, 0.5) is 4.79 Å². The first-order valence-corrected chi connectivity index (χ1v) is 14.8. The molecule has 0 saturated carbocycles. The molecule has 0 radical (unpaired) electrons. The molecule has 10 heteroatoms. The number of methoxy groups -OCH3 is 1. The topological polar surface area (TPSA) is 157 Å². The fourth-order valence-electron chi connectivity index (χ4n) is 4.67. The molecule has 0 heterocycles. The van der Waals surface area contributed by atoms with E-state index in [2.05, 4.69) is 5.32 Å². The minimum Gasteiger partial charge on any atom is -0.493 e. The highest BCUT2D eigenvalue weighted by atomic mass is 16.5. The van der Waals surface area contributed by atoms with Crippen molar-refractivity contribution >= 4 is 17.8 Å². The summed E-state index contributed by atoms with van der Waals surface area (Å²) in [5.74, 6) is -0.595. The van der Waals surface area contributed by atoms with Crippen molar-refractivity contribution in [1.82, 2.24) is 10.2 Å². The van der Waals surface area contributed by atoms with Gasteiger partial charge in [-0.05, 0) is 61.5 Å². The van der Waals surface area contributed by atoms with Gasteiger partial charge in [-0.1, -0.05) is 53.7 Å². The van der Waals surface area contributed by atoms with Crippen molar-refractivity contribution in [3.05, 3.63) is 29.8 Å². The van der Waals surface area contributed by atoms with Crippen LogP contribution in [-0.4, -0.2) is 73.4 Å². The second-order valence-electron chi connectivity index (χ2n) is 12.0. The SMILES string of the molecule is COCCCCOc1ccccc1C(=O)NCC(CC(N)C(O)CC(C(=O)N(CC(C)C)C(N)=O)C(C)C)C(C)C.